The SMILES string of the molecule is CCc1nccn1Cc1ccc(CNC(C)(C)C)o1. The first-order valence-corrected chi connectivity index (χ1v) is 6.80. The third kappa shape index (κ3) is 3.96. The van der Waals surface area contributed by atoms with Crippen LogP contribution in [-0.2, 0) is 19.5 Å². The van der Waals surface area contributed by atoms with Crippen LogP contribution in [0.1, 0.15) is 45.0 Å². The molecule has 0 spiro atoms. The van der Waals surface area contributed by atoms with Gasteiger partial charge in [-0.3, -0.25) is 0 Å². The summed E-state index contributed by atoms with van der Waals surface area (Å²) in [5, 5.41) is 3.42. The Balaban J connectivity index is 1.98. The van der Waals surface area contributed by atoms with E-state index in [2.05, 4.69) is 42.6 Å². The van der Waals surface area contributed by atoms with Gasteiger partial charge in [0, 0.05) is 24.4 Å². The molecule has 19 heavy (non-hydrogen) atoms. The molecule has 0 fully saturated rings. The van der Waals surface area contributed by atoms with Crippen LogP contribution in [0.3, 0.4) is 0 Å². The Morgan fingerprint density at radius 3 is 2.68 bits per heavy atom. The molecular formula is C15H23N3O. The topological polar surface area (TPSA) is 43.0 Å². The highest BCUT2D eigenvalue weighted by atomic mass is 16.3. The van der Waals surface area contributed by atoms with Gasteiger partial charge in [0.15, 0.2) is 0 Å². The van der Waals surface area contributed by atoms with Crippen LogP contribution >= 0.6 is 0 Å². The van der Waals surface area contributed by atoms with Crippen molar-refractivity contribution in [1.29, 1.82) is 0 Å². The van der Waals surface area contributed by atoms with Crippen molar-refractivity contribution in [2.45, 2.75) is 52.7 Å². The summed E-state index contributed by atoms with van der Waals surface area (Å²) in [4.78, 5) is 4.32. The molecule has 0 aliphatic heterocycles. The Labute approximate surface area is 114 Å². The van der Waals surface area contributed by atoms with E-state index in [1.165, 1.54) is 0 Å². The van der Waals surface area contributed by atoms with Gasteiger partial charge >= 0.3 is 0 Å². The first-order valence-electron chi connectivity index (χ1n) is 6.80. The van der Waals surface area contributed by atoms with E-state index in [0.717, 1.165) is 36.9 Å². The highest BCUT2D eigenvalue weighted by Gasteiger charge is 2.11. The van der Waals surface area contributed by atoms with Crippen LogP contribution in [0.5, 0.6) is 0 Å². The van der Waals surface area contributed by atoms with Crippen molar-refractivity contribution in [1.82, 2.24) is 14.9 Å². The first kappa shape index (κ1) is 13.9. The van der Waals surface area contributed by atoms with Gasteiger partial charge in [-0.05, 0) is 32.9 Å². The fourth-order valence-electron chi connectivity index (χ4n) is 1.92. The molecule has 2 aromatic heterocycles. The lowest BCUT2D eigenvalue weighted by atomic mass is 10.1. The molecular weight excluding hydrogens is 238 g/mol. The fraction of sp³-hybridized carbons (Fsp3) is 0.533. The van der Waals surface area contributed by atoms with E-state index >= 15 is 0 Å². The average Bonchev–Trinajstić information content (AvgIpc) is 2.95. The highest BCUT2D eigenvalue weighted by molar-refractivity contribution is 5.09. The molecule has 0 unspecified atom stereocenters. The van der Waals surface area contributed by atoms with Gasteiger partial charge in [0.05, 0.1) is 13.1 Å². The molecule has 0 radical (unpaired) electrons. The summed E-state index contributed by atoms with van der Waals surface area (Å²) in [5.74, 6) is 3.03. The minimum atomic E-state index is 0.104. The van der Waals surface area contributed by atoms with E-state index in [4.69, 9.17) is 4.42 Å². The van der Waals surface area contributed by atoms with Gasteiger partial charge in [-0.1, -0.05) is 6.92 Å². The maximum atomic E-state index is 5.84. The second kappa shape index (κ2) is 5.61. The molecule has 2 heterocycles. The van der Waals surface area contributed by atoms with Gasteiger partial charge in [-0.25, -0.2) is 4.98 Å². The summed E-state index contributed by atoms with van der Waals surface area (Å²) in [7, 11) is 0. The van der Waals surface area contributed by atoms with Crippen molar-refractivity contribution >= 4 is 0 Å². The summed E-state index contributed by atoms with van der Waals surface area (Å²) in [6, 6.07) is 4.08. The molecule has 0 saturated carbocycles. The number of furan rings is 1. The number of aryl methyl sites for hydroxylation is 1. The smallest absolute Gasteiger partial charge is 0.123 e. The van der Waals surface area contributed by atoms with Crippen molar-refractivity contribution in [2.75, 3.05) is 0 Å². The van der Waals surface area contributed by atoms with Gasteiger partial charge in [0.1, 0.15) is 17.3 Å². The predicted molar refractivity (Wildman–Crippen MR) is 76.0 cm³/mol. The molecule has 1 N–H and O–H groups in total. The van der Waals surface area contributed by atoms with E-state index in [1.807, 2.05) is 24.5 Å². The lowest BCUT2D eigenvalue weighted by Crippen LogP contribution is -2.34. The lowest BCUT2D eigenvalue weighted by Gasteiger charge is -2.19. The second-order valence-corrected chi connectivity index (χ2v) is 5.80. The Bertz CT molecular complexity index is 519. The normalized spacial score (nSPS) is 12.0. The summed E-state index contributed by atoms with van der Waals surface area (Å²) in [6.45, 7) is 10.1. The molecule has 0 amide bonds. The first-order chi connectivity index (χ1) is 8.98. The van der Waals surface area contributed by atoms with Crippen LogP contribution in [0, 0.1) is 0 Å². The molecule has 2 rings (SSSR count). The molecule has 0 bridgehead atoms. The van der Waals surface area contributed by atoms with E-state index in [0.29, 0.717) is 0 Å². The van der Waals surface area contributed by atoms with E-state index in [9.17, 15) is 0 Å². The zero-order chi connectivity index (χ0) is 13.9. The molecule has 0 saturated heterocycles. The zero-order valence-electron chi connectivity index (χ0n) is 12.2. The number of imidazole rings is 1. The second-order valence-electron chi connectivity index (χ2n) is 5.80. The summed E-state index contributed by atoms with van der Waals surface area (Å²) in [6.07, 6.45) is 4.77. The lowest BCUT2D eigenvalue weighted by molar-refractivity contribution is 0.375. The standard InChI is InChI=1S/C15H23N3O/c1-5-14-16-8-9-18(14)11-13-7-6-12(19-13)10-17-15(2,3)4/h6-9,17H,5,10-11H2,1-4H3. The summed E-state index contributed by atoms with van der Waals surface area (Å²) >= 11 is 0. The van der Waals surface area contributed by atoms with Crippen molar-refractivity contribution in [2.24, 2.45) is 0 Å². The van der Waals surface area contributed by atoms with Crippen LogP contribution in [0.25, 0.3) is 0 Å². The van der Waals surface area contributed by atoms with Crippen LogP contribution in [0.2, 0.25) is 0 Å². The van der Waals surface area contributed by atoms with Crippen molar-refractivity contribution in [3.8, 4) is 0 Å². The van der Waals surface area contributed by atoms with Gasteiger partial charge < -0.3 is 14.3 Å². The van der Waals surface area contributed by atoms with E-state index in [-0.39, 0.29) is 5.54 Å². The van der Waals surface area contributed by atoms with Gasteiger partial charge in [0.2, 0.25) is 0 Å². The molecule has 2 aromatic rings. The molecule has 0 aliphatic carbocycles. The molecule has 0 aromatic carbocycles. The molecule has 4 heteroatoms. The molecule has 4 nitrogen and oxygen atoms in total. The number of rotatable bonds is 5. The highest BCUT2D eigenvalue weighted by Crippen LogP contribution is 2.12. The number of hydrogen-bond acceptors (Lipinski definition) is 3. The Morgan fingerprint density at radius 2 is 2.00 bits per heavy atom. The summed E-state index contributed by atoms with van der Waals surface area (Å²) < 4.78 is 7.97. The van der Waals surface area contributed by atoms with Gasteiger partial charge in [-0.2, -0.15) is 0 Å². The van der Waals surface area contributed by atoms with Gasteiger partial charge in [-0.15, -0.1) is 0 Å². The quantitative estimate of drug-likeness (QED) is 0.899. The third-order valence-corrected chi connectivity index (χ3v) is 2.95. The van der Waals surface area contributed by atoms with Gasteiger partial charge in [0.25, 0.3) is 0 Å². The number of hydrogen-bond donors (Lipinski definition) is 1. The minimum absolute atomic E-state index is 0.104. The third-order valence-electron chi connectivity index (χ3n) is 2.95. The number of aromatic nitrogens is 2. The van der Waals surface area contributed by atoms with Crippen molar-refractivity contribution in [3.63, 3.8) is 0 Å². The summed E-state index contributed by atoms with van der Waals surface area (Å²) in [5.41, 5.74) is 0.104. The van der Waals surface area contributed by atoms with Crippen LogP contribution in [-0.4, -0.2) is 15.1 Å². The van der Waals surface area contributed by atoms with Crippen LogP contribution < -0.4 is 5.32 Å². The van der Waals surface area contributed by atoms with Crippen LogP contribution in [0.15, 0.2) is 28.9 Å². The monoisotopic (exact) mass is 261 g/mol. The fourth-order valence-corrected chi connectivity index (χ4v) is 1.92. The van der Waals surface area contributed by atoms with Crippen molar-refractivity contribution in [3.05, 3.63) is 41.9 Å². The van der Waals surface area contributed by atoms with Crippen molar-refractivity contribution < 1.29 is 4.42 Å². The number of nitrogens with one attached hydrogen (secondary N) is 1. The minimum Gasteiger partial charge on any atom is -0.463 e. The Hall–Kier alpha value is -1.55. The Kier molecular flexibility index (Phi) is 4.10. The number of nitrogens with zero attached hydrogens (tertiary/aromatic N) is 2. The predicted octanol–water partition coefficient (Wildman–Crippen LogP) is 2.97. The molecule has 0 atom stereocenters. The zero-order valence-corrected chi connectivity index (χ0v) is 12.2. The van der Waals surface area contributed by atoms with Crippen LogP contribution in [0.4, 0.5) is 0 Å². The molecule has 0 aliphatic rings. The average molecular weight is 261 g/mol. The van der Waals surface area contributed by atoms with E-state index in [1.54, 1.807) is 0 Å². The van der Waals surface area contributed by atoms with E-state index < -0.39 is 0 Å². The maximum absolute atomic E-state index is 5.84. The largest absolute Gasteiger partial charge is 0.463 e. The molecule has 104 valence electrons. The maximum Gasteiger partial charge on any atom is 0.123 e. The Morgan fingerprint density at radius 1 is 1.26 bits per heavy atom.